The first-order valence-electron chi connectivity index (χ1n) is 6.42. The Bertz CT molecular complexity index is 472. The summed E-state index contributed by atoms with van der Waals surface area (Å²) in [6, 6.07) is 2.15. The van der Waals surface area contributed by atoms with E-state index in [0.29, 0.717) is 5.92 Å². The lowest BCUT2D eigenvalue weighted by Gasteiger charge is -2.06. The van der Waals surface area contributed by atoms with Gasteiger partial charge in [0, 0.05) is 22.4 Å². The number of aryl methyl sites for hydroxylation is 1. The molecular formula is C14H20N2S2. The van der Waals surface area contributed by atoms with Crippen LogP contribution >= 0.6 is 22.7 Å². The Morgan fingerprint density at radius 2 is 2.22 bits per heavy atom. The molecule has 2 aromatic rings. The van der Waals surface area contributed by atoms with Gasteiger partial charge in [-0.1, -0.05) is 20.8 Å². The highest BCUT2D eigenvalue weighted by molar-refractivity contribution is 7.15. The lowest BCUT2D eigenvalue weighted by molar-refractivity contribution is 0.553. The van der Waals surface area contributed by atoms with Crippen molar-refractivity contribution >= 4 is 22.7 Å². The summed E-state index contributed by atoms with van der Waals surface area (Å²) in [4.78, 5) is 6.14. The van der Waals surface area contributed by atoms with Crippen molar-refractivity contribution in [1.82, 2.24) is 10.3 Å². The Morgan fingerprint density at radius 3 is 2.83 bits per heavy atom. The topological polar surface area (TPSA) is 24.9 Å². The zero-order valence-corrected chi connectivity index (χ0v) is 12.8. The Morgan fingerprint density at radius 1 is 1.39 bits per heavy atom. The summed E-state index contributed by atoms with van der Waals surface area (Å²) in [6.45, 7) is 8.66. The molecular weight excluding hydrogens is 260 g/mol. The maximum Gasteiger partial charge on any atom is 0.124 e. The molecule has 0 amide bonds. The van der Waals surface area contributed by atoms with Gasteiger partial charge in [0.1, 0.15) is 5.01 Å². The SMILES string of the molecule is CCc1nc(-c2ccsc2)sc1CNCC(C)C. The maximum atomic E-state index is 4.75. The van der Waals surface area contributed by atoms with E-state index in [0.717, 1.165) is 24.5 Å². The fourth-order valence-corrected chi connectivity index (χ4v) is 3.61. The Hall–Kier alpha value is -0.710. The van der Waals surface area contributed by atoms with Crippen molar-refractivity contribution in [3.8, 4) is 10.6 Å². The maximum absolute atomic E-state index is 4.75. The van der Waals surface area contributed by atoms with Gasteiger partial charge in [0.15, 0.2) is 0 Å². The van der Waals surface area contributed by atoms with Crippen LogP contribution in [0.25, 0.3) is 10.6 Å². The fourth-order valence-electron chi connectivity index (χ4n) is 1.78. The van der Waals surface area contributed by atoms with E-state index in [9.17, 15) is 0 Å². The van der Waals surface area contributed by atoms with Gasteiger partial charge in [-0.15, -0.1) is 11.3 Å². The lowest BCUT2D eigenvalue weighted by atomic mass is 10.2. The molecule has 2 nitrogen and oxygen atoms in total. The van der Waals surface area contributed by atoms with Crippen LogP contribution in [0.15, 0.2) is 16.8 Å². The number of hydrogen-bond acceptors (Lipinski definition) is 4. The third-order valence-corrected chi connectivity index (χ3v) is 4.55. The van der Waals surface area contributed by atoms with E-state index in [1.54, 1.807) is 11.3 Å². The van der Waals surface area contributed by atoms with E-state index in [1.807, 2.05) is 11.3 Å². The zero-order valence-electron chi connectivity index (χ0n) is 11.2. The molecule has 0 aromatic carbocycles. The van der Waals surface area contributed by atoms with Crippen LogP contribution in [0.2, 0.25) is 0 Å². The minimum Gasteiger partial charge on any atom is -0.312 e. The summed E-state index contributed by atoms with van der Waals surface area (Å²) in [7, 11) is 0. The molecule has 0 fully saturated rings. The predicted molar refractivity (Wildman–Crippen MR) is 81.3 cm³/mol. The van der Waals surface area contributed by atoms with Gasteiger partial charge < -0.3 is 5.32 Å². The molecule has 1 N–H and O–H groups in total. The molecule has 0 bridgehead atoms. The van der Waals surface area contributed by atoms with Gasteiger partial charge in [0.05, 0.1) is 5.69 Å². The van der Waals surface area contributed by atoms with Gasteiger partial charge in [0.2, 0.25) is 0 Å². The Labute approximate surface area is 117 Å². The van der Waals surface area contributed by atoms with Crippen LogP contribution < -0.4 is 5.32 Å². The van der Waals surface area contributed by atoms with Crippen molar-refractivity contribution in [2.45, 2.75) is 33.7 Å². The predicted octanol–water partition coefficient (Wildman–Crippen LogP) is 4.18. The van der Waals surface area contributed by atoms with Crippen LogP contribution in [0, 0.1) is 5.92 Å². The Balaban J connectivity index is 2.10. The number of thiophene rings is 1. The number of aromatic nitrogens is 1. The standard InChI is InChI=1S/C14H20N2S2/c1-4-12-13(8-15-7-10(2)3)18-14(16-12)11-5-6-17-9-11/h5-6,9-10,15H,4,7-8H2,1-3H3. The number of rotatable bonds is 6. The molecule has 18 heavy (non-hydrogen) atoms. The minimum atomic E-state index is 0.694. The van der Waals surface area contributed by atoms with Crippen LogP contribution in [-0.2, 0) is 13.0 Å². The number of thiazole rings is 1. The van der Waals surface area contributed by atoms with Crippen LogP contribution in [-0.4, -0.2) is 11.5 Å². The van der Waals surface area contributed by atoms with Crippen molar-refractivity contribution < 1.29 is 0 Å². The molecule has 98 valence electrons. The first-order chi connectivity index (χ1) is 8.70. The van der Waals surface area contributed by atoms with Crippen molar-refractivity contribution in [1.29, 1.82) is 0 Å². The molecule has 0 saturated carbocycles. The highest BCUT2D eigenvalue weighted by Crippen LogP contribution is 2.29. The molecule has 0 aliphatic carbocycles. The second kappa shape index (κ2) is 6.45. The van der Waals surface area contributed by atoms with Gasteiger partial charge in [-0.25, -0.2) is 4.98 Å². The summed E-state index contributed by atoms with van der Waals surface area (Å²) in [5.74, 6) is 0.694. The van der Waals surface area contributed by atoms with Crippen LogP contribution in [0.1, 0.15) is 31.3 Å². The molecule has 2 heterocycles. The molecule has 0 atom stereocenters. The highest BCUT2D eigenvalue weighted by Gasteiger charge is 2.11. The second-order valence-corrected chi connectivity index (χ2v) is 6.64. The van der Waals surface area contributed by atoms with Crippen molar-refractivity contribution in [3.05, 3.63) is 27.4 Å². The van der Waals surface area contributed by atoms with Crippen molar-refractivity contribution in [2.75, 3.05) is 6.54 Å². The molecule has 0 spiro atoms. The quantitative estimate of drug-likeness (QED) is 0.858. The van der Waals surface area contributed by atoms with Gasteiger partial charge in [-0.05, 0) is 30.3 Å². The van der Waals surface area contributed by atoms with E-state index in [4.69, 9.17) is 4.98 Å². The molecule has 2 rings (SSSR count). The monoisotopic (exact) mass is 280 g/mol. The normalized spacial score (nSPS) is 11.3. The number of nitrogens with one attached hydrogen (secondary N) is 1. The van der Waals surface area contributed by atoms with Crippen LogP contribution in [0.3, 0.4) is 0 Å². The van der Waals surface area contributed by atoms with Crippen LogP contribution in [0.4, 0.5) is 0 Å². The smallest absolute Gasteiger partial charge is 0.124 e. The average molecular weight is 280 g/mol. The van der Waals surface area contributed by atoms with Gasteiger partial charge in [-0.2, -0.15) is 11.3 Å². The number of hydrogen-bond donors (Lipinski definition) is 1. The largest absolute Gasteiger partial charge is 0.312 e. The van der Waals surface area contributed by atoms with E-state index in [-0.39, 0.29) is 0 Å². The summed E-state index contributed by atoms with van der Waals surface area (Å²) in [5.41, 5.74) is 2.51. The van der Waals surface area contributed by atoms with Crippen LogP contribution in [0.5, 0.6) is 0 Å². The molecule has 0 aliphatic rings. The van der Waals surface area contributed by atoms with Crippen molar-refractivity contribution in [2.24, 2.45) is 5.92 Å². The van der Waals surface area contributed by atoms with E-state index in [1.165, 1.54) is 16.1 Å². The molecule has 0 radical (unpaired) electrons. The third kappa shape index (κ3) is 3.40. The average Bonchev–Trinajstić information content (AvgIpc) is 2.96. The van der Waals surface area contributed by atoms with E-state index < -0.39 is 0 Å². The zero-order chi connectivity index (χ0) is 13.0. The van der Waals surface area contributed by atoms with Crippen molar-refractivity contribution in [3.63, 3.8) is 0 Å². The van der Waals surface area contributed by atoms with Gasteiger partial charge in [-0.3, -0.25) is 0 Å². The summed E-state index contributed by atoms with van der Waals surface area (Å²) in [6.07, 6.45) is 1.01. The van der Waals surface area contributed by atoms with E-state index in [2.05, 4.69) is 42.9 Å². The third-order valence-electron chi connectivity index (χ3n) is 2.72. The van der Waals surface area contributed by atoms with Gasteiger partial charge >= 0.3 is 0 Å². The molecule has 0 saturated heterocycles. The first-order valence-corrected chi connectivity index (χ1v) is 8.18. The second-order valence-electron chi connectivity index (χ2n) is 4.78. The molecule has 0 unspecified atom stereocenters. The molecule has 4 heteroatoms. The van der Waals surface area contributed by atoms with Gasteiger partial charge in [0.25, 0.3) is 0 Å². The summed E-state index contributed by atoms with van der Waals surface area (Å²) < 4.78 is 0. The molecule has 0 aliphatic heterocycles. The fraction of sp³-hybridized carbons (Fsp3) is 0.500. The van der Waals surface area contributed by atoms with E-state index >= 15 is 0 Å². The summed E-state index contributed by atoms with van der Waals surface area (Å²) >= 11 is 3.56. The molecule has 2 aromatic heterocycles. The highest BCUT2D eigenvalue weighted by atomic mass is 32.1. The number of nitrogens with zero attached hydrogens (tertiary/aromatic N) is 1. The lowest BCUT2D eigenvalue weighted by Crippen LogP contribution is -2.18. The Kier molecular flexibility index (Phi) is 4.92. The first kappa shape index (κ1) is 13.7. The summed E-state index contributed by atoms with van der Waals surface area (Å²) in [5, 5.41) is 8.95. The minimum absolute atomic E-state index is 0.694.